The van der Waals surface area contributed by atoms with Crippen LogP contribution in [0.1, 0.15) is 30.9 Å². The maximum atomic E-state index is 9.22. The molecule has 0 saturated carbocycles. The van der Waals surface area contributed by atoms with Gasteiger partial charge < -0.3 is 9.84 Å². The van der Waals surface area contributed by atoms with Crippen LogP contribution in [0, 0.1) is 6.92 Å². The summed E-state index contributed by atoms with van der Waals surface area (Å²) in [5.74, 6) is 1.02. The van der Waals surface area contributed by atoms with Crippen molar-refractivity contribution in [2.75, 3.05) is 0 Å². The molecule has 0 fully saturated rings. The van der Waals surface area contributed by atoms with Crippen LogP contribution in [0.3, 0.4) is 0 Å². The van der Waals surface area contributed by atoms with Crippen molar-refractivity contribution in [1.29, 1.82) is 0 Å². The summed E-state index contributed by atoms with van der Waals surface area (Å²) in [5, 5.41) is 9.22. The van der Waals surface area contributed by atoms with Crippen molar-refractivity contribution in [3.05, 3.63) is 29.3 Å². The van der Waals surface area contributed by atoms with Gasteiger partial charge in [0.25, 0.3) is 0 Å². The van der Waals surface area contributed by atoms with Crippen LogP contribution in [-0.4, -0.2) is 17.3 Å². The average Bonchev–Trinajstić information content (AvgIpc) is 2.56. The number of benzene rings is 1. The molecule has 15 heavy (non-hydrogen) atoms. The molecule has 2 rings (SSSR count). The van der Waals surface area contributed by atoms with Crippen LogP contribution >= 0.6 is 0 Å². The number of rotatable bonds is 3. The van der Waals surface area contributed by atoms with Crippen LogP contribution in [0.15, 0.2) is 18.2 Å². The summed E-state index contributed by atoms with van der Waals surface area (Å²) < 4.78 is 5.80. The molecule has 2 nitrogen and oxygen atoms in total. The summed E-state index contributed by atoms with van der Waals surface area (Å²) in [6, 6.07) is 6.32. The first-order chi connectivity index (χ1) is 7.15. The lowest BCUT2D eigenvalue weighted by molar-refractivity contribution is 0.148. The van der Waals surface area contributed by atoms with Crippen molar-refractivity contribution in [1.82, 2.24) is 0 Å². The van der Waals surface area contributed by atoms with Gasteiger partial charge in [-0.15, -0.1) is 0 Å². The zero-order chi connectivity index (χ0) is 10.8. The van der Waals surface area contributed by atoms with Crippen molar-refractivity contribution < 1.29 is 9.84 Å². The number of aliphatic hydroxyl groups is 1. The van der Waals surface area contributed by atoms with Crippen LogP contribution in [0.5, 0.6) is 5.75 Å². The van der Waals surface area contributed by atoms with E-state index >= 15 is 0 Å². The van der Waals surface area contributed by atoms with Gasteiger partial charge in [-0.1, -0.05) is 17.7 Å². The quantitative estimate of drug-likeness (QED) is 0.823. The Bertz CT molecular complexity index is 344. The van der Waals surface area contributed by atoms with Gasteiger partial charge >= 0.3 is 0 Å². The van der Waals surface area contributed by atoms with Gasteiger partial charge in [0.1, 0.15) is 11.9 Å². The molecule has 1 aliphatic heterocycles. The molecule has 0 aromatic heterocycles. The number of hydrogen-bond acceptors (Lipinski definition) is 2. The summed E-state index contributed by atoms with van der Waals surface area (Å²) in [6.07, 6.45) is 2.78. The standard InChI is InChI=1S/C13H18O2/c1-9-3-6-13-11(7-9)8-12(15-13)5-4-10(2)14/h3,6-7,10,12,14H,4-5,8H2,1-2H3. The molecular weight excluding hydrogens is 188 g/mol. The smallest absolute Gasteiger partial charge is 0.123 e. The van der Waals surface area contributed by atoms with Crippen LogP contribution < -0.4 is 4.74 Å². The largest absolute Gasteiger partial charge is 0.490 e. The van der Waals surface area contributed by atoms with Crippen LogP contribution in [0.25, 0.3) is 0 Å². The van der Waals surface area contributed by atoms with Gasteiger partial charge in [-0.25, -0.2) is 0 Å². The highest BCUT2D eigenvalue weighted by molar-refractivity contribution is 5.40. The first-order valence-corrected chi connectivity index (χ1v) is 5.59. The Morgan fingerprint density at radius 1 is 1.53 bits per heavy atom. The number of aliphatic hydroxyl groups excluding tert-OH is 1. The van der Waals surface area contributed by atoms with E-state index in [0.717, 1.165) is 25.0 Å². The highest BCUT2D eigenvalue weighted by Crippen LogP contribution is 2.31. The first kappa shape index (κ1) is 10.5. The lowest BCUT2D eigenvalue weighted by atomic mass is 10.0. The molecule has 1 aromatic rings. The Morgan fingerprint density at radius 2 is 2.33 bits per heavy atom. The minimum atomic E-state index is -0.223. The molecule has 0 spiro atoms. The second-order valence-electron chi connectivity index (χ2n) is 4.48. The molecule has 0 saturated heterocycles. The second kappa shape index (κ2) is 4.23. The summed E-state index contributed by atoms with van der Waals surface area (Å²) in [7, 11) is 0. The van der Waals surface area contributed by atoms with Crippen LogP contribution in [-0.2, 0) is 6.42 Å². The molecule has 1 aliphatic rings. The van der Waals surface area contributed by atoms with Crippen molar-refractivity contribution >= 4 is 0 Å². The molecule has 0 bridgehead atoms. The normalized spacial score (nSPS) is 20.9. The molecule has 2 heteroatoms. The molecular formula is C13H18O2. The average molecular weight is 206 g/mol. The summed E-state index contributed by atoms with van der Waals surface area (Å²) in [4.78, 5) is 0. The molecule has 2 unspecified atom stereocenters. The first-order valence-electron chi connectivity index (χ1n) is 5.59. The molecule has 0 amide bonds. The minimum absolute atomic E-state index is 0.223. The molecule has 1 aromatic carbocycles. The Labute approximate surface area is 90.9 Å². The summed E-state index contributed by atoms with van der Waals surface area (Å²) in [5.41, 5.74) is 2.60. The maximum Gasteiger partial charge on any atom is 0.123 e. The Kier molecular flexibility index (Phi) is 2.96. The van der Waals surface area contributed by atoms with E-state index in [4.69, 9.17) is 4.74 Å². The van der Waals surface area contributed by atoms with E-state index in [1.807, 2.05) is 13.0 Å². The monoisotopic (exact) mass is 206 g/mol. The van der Waals surface area contributed by atoms with E-state index in [9.17, 15) is 5.11 Å². The van der Waals surface area contributed by atoms with Crippen molar-refractivity contribution in [2.24, 2.45) is 0 Å². The van der Waals surface area contributed by atoms with Gasteiger partial charge in [0.05, 0.1) is 6.10 Å². The topological polar surface area (TPSA) is 29.5 Å². The lowest BCUT2D eigenvalue weighted by Gasteiger charge is -2.11. The van der Waals surface area contributed by atoms with E-state index in [0.29, 0.717) is 0 Å². The number of aryl methyl sites for hydroxylation is 1. The SMILES string of the molecule is Cc1ccc2c(c1)CC(CCC(C)O)O2. The fraction of sp³-hybridized carbons (Fsp3) is 0.538. The third-order valence-corrected chi connectivity index (χ3v) is 2.86. The second-order valence-corrected chi connectivity index (χ2v) is 4.48. The number of hydrogen-bond donors (Lipinski definition) is 1. The van der Waals surface area contributed by atoms with E-state index in [2.05, 4.69) is 19.1 Å². The molecule has 1 N–H and O–H groups in total. The minimum Gasteiger partial charge on any atom is -0.490 e. The van der Waals surface area contributed by atoms with E-state index in [-0.39, 0.29) is 12.2 Å². The Hall–Kier alpha value is -1.02. The number of ether oxygens (including phenoxy) is 1. The predicted molar refractivity (Wildman–Crippen MR) is 60.2 cm³/mol. The van der Waals surface area contributed by atoms with E-state index in [1.165, 1.54) is 11.1 Å². The Balaban J connectivity index is 1.97. The zero-order valence-electron chi connectivity index (χ0n) is 9.36. The fourth-order valence-corrected chi connectivity index (χ4v) is 2.04. The zero-order valence-corrected chi connectivity index (χ0v) is 9.36. The van der Waals surface area contributed by atoms with Crippen molar-refractivity contribution in [3.8, 4) is 5.75 Å². The van der Waals surface area contributed by atoms with E-state index < -0.39 is 0 Å². The summed E-state index contributed by atoms with van der Waals surface area (Å²) in [6.45, 7) is 3.93. The number of fused-ring (bicyclic) bond motifs is 1. The molecule has 1 heterocycles. The molecule has 2 atom stereocenters. The van der Waals surface area contributed by atoms with Gasteiger partial charge in [0, 0.05) is 6.42 Å². The third kappa shape index (κ3) is 2.51. The molecule has 0 radical (unpaired) electrons. The maximum absolute atomic E-state index is 9.22. The lowest BCUT2D eigenvalue weighted by Crippen LogP contribution is -2.15. The predicted octanol–water partition coefficient (Wildman–Crippen LogP) is 2.46. The molecule has 82 valence electrons. The van der Waals surface area contributed by atoms with Gasteiger partial charge in [0.2, 0.25) is 0 Å². The van der Waals surface area contributed by atoms with E-state index in [1.54, 1.807) is 0 Å². The van der Waals surface area contributed by atoms with Gasteiger partial charge in [-0.05, 0) is 38.3 Å². The van der Waals surface area contributed by atoms with Gasteiger partial charge in [-0.3, -0.25) is 0 Å². The highest BCUT2D eigenvalue weighted by atomic mass is 16.5. The highest BCUT2D eigenvalue weighted by Gasteiger charge is 2.22. The Morgan fingerprint density at radius 3 is 3.07 bits per heavy atom. The fourth-order valence-electron chi connectivity index (χ4n) is 2.04. The third-order valence-electron chi connectivity index (χ3n) is 2.86. The van der Waals surface area contributed by atoms with Crippen LogP contribution in [0.2, 0.25) is 0 Å². The van der Waals surface area contributed by atoms with Crippen molar-refractivity contribution in [3.63, 3.8) is 0 Å². The van der Waals surface area contributed by atoms with Gasteiger partial charge in [-0.2, -0.15) is 0 Å². The van der Waals surface area contributed by atoms with Crippen LogP contribution in [0.4, 0.5) is 0 Å². The van der Waals surface area contributed by atoms with Crippen molar-refractivity contribution in [2.45, 2.75) is 45.3 Å². The van der Waals surface area contributed by atoms with Gasteiger partial charge in [0.15, 0.2) is 0 Å². The molecule has 0 aliphatic carbocycles. The summed E-state index contributed by atoms with van der Waals surface area (Å²) >= 11 is 0.